The highest BCUT2D eigenvalue weighted by Gasteiger charge is 2.37. The first-order valence-electron chi connectivity index (χ1n) is 10.1. The molecule has 0 bridgehead atoms. The first-order chi connectivity index (χ1) is 15.3. The van der Waals surface area contributed by atoms with Gasteiger partial charge in [0.25, 0.3) is 0 Å². The van der Waals surface area contributed by atoms with Crippen LogP contribution in [0, 0.1) is 11.3 Å². The highest BCUT2D eigenvalue weighted by atomic mass is 19.4. The summed E-state index contributed by atoms with van der Waals surface area (Å²) in [7, 11) is 0. The Morgan fingerprint density at radius 2 is 1.69 bits per heavy atom. The monoisotopic (exact) mass is 435 g/mol. The number of halogens is 3. The number of hydrogen-bond donors (Lipinski definition) is 1. The zero-order valence-corrected chi connectivity index (χ0v) is 17.2. The molecule has 1 aliphatic heterocycles. The number of nitrogens with one attached hydrogen (secondary N) is 1. The van der Waals surface area contributed by atoms with Crippen molar-refractivity contribution in [3.8, 4) is 6.07 Å². The lowest BCUT2D eigenvalue weighted by atomic mass is 9.85. The van der Waals surface area contributed by atoms with E-state index in [1.165, 1.54) is 12.1 Å². The Labute approximate surface area is 183 Å². The summed E-state index contributed by atoms with van der Waals surface area (Å²) in [6.45, 7) is 1.92. The fourth-order valence-corrected chi connectivity index (χ4v) is 4.14. The maximum Gasteiger partial charge on any atom is 0.416 e. The molecule has 3 aromatic rings. The quantitative estimate of drug-likeness (QED) is 0.525. The molecule has 32 heavy (non-hydrogen) atoms. The number of rotatable bonds is 2. The molecule has 0 fully saturated rings. The van der Waals surface area contributed by atoms with Gasteiger partial charge in [-0.05, 0) is 66.4 Å². The summed E-state index contributed by atoms with van der Waals surface area (Å²) in [6.07, 6.45) is -3.79. The molecule has 1 heterocycles. The molecule has 0 aromatic heterocycles. The summed E-state index contributed by atoms with van der Waals surface area (Å²) < 4.78 is 39.2. The van der Waals surface area contributed by atoms with Gasteiger partial charge in [0.05, 0.1) is 23.2 Å². The Bertz CT molecular complexity index is 1160. The summed E-state index contributed by atoms with van der Waals surface area (Å²) in [4.78, 5) is 15.0. The number of hydrogen-bond acceptors (Lipinski definition) is 2. The Morgan fingerprint density at radius 1 is 1.03 bits per heavy atom. The number of urea groups is 1. The van der Waals surface area contributed by atoms with Gasteiger partial charge < -0.3 is 10.2 Å². The summed E-state index contributed by atoms with van der Waals surface area (Å²) in [5, 5.41) is 11.8. The predicted octanol–water partition coefficient (Wildman–Crippen LogP) is 6.15. The maximum absolute atomic E-state index is 13.3. The van der Waals surface area contributed by atoms with Crippen molar-refractivity contribution in [1.82, 2.24) is 4.90 Å². The number of amides is 2. The third-order valence-electron chi connectivity index (χ3n) is 5.67. The minimum atomic E-state index is -4.43. The Hall–Kier alpha value is -3.79. The van der Waals surface area contributed by atoms with Crippen LogP contribution in [0.4, 0.5) is 23.7 Å². The molecule has 1 N–H and O–H groups in total. The summed E-state index contributed by atoms with van der Waals surface area (Å²) >= 11 is 0. The van der Waals surface area contributed by atoms with Crippen molar-refractivity contribution in [3.05, 3.63) is 101 Å². The van der Waals surface area contributed by atoms with E-state index in [9.17, 15) is 18.0 Å². The summed E-state index contributed by atoms with van der Waals surface area (Å²) in [5.74, 6) is 0. The molecule has 2 amide bonds. The second-order valence-corrected chi connectivity index (χ2v) is 7.80. The molecule has 0 radical (unpaired) electrons. The Morgan fingerprint density at radius 3 is 2.31 bits per heavy atom. The molecule has 0 saturated carbocycles. The number of carbonyl (C=O) groups excluding carboxylic acids is 1. The molecule has 0 spiro atoms. The van der Waals surface area contributed by atoms with Gasteiger partial charge in [-0.25, -0.2) is 4.79 Å². The standard InChI is InChI=1S/C25H20F3N3O/c1-16-14-19-4-2-3-5-22(19)23(18-8-10-20(11-9-18)25(26,27)28)31(16)24(32)30-21-12-6-17(15-29)7-13-21/h2-13,16,23H,14H2,1H3,(H,30,32). The normalized spacial score (nSPS) is 17.9. The van der Waals surface area contributed by atoms with Gasteiger partial charge in [-0.3, -0.25) is 0 Å². The molecular formula is C25H20F3N3O. The molecule has 2 unspecified atom stereocenters. The zero-order valence-electron chi connectivity index (χ0n) is 17.2. The summed E-state index contributed by atoms with van der Waals surface area (Å²) in [5.41, 5.74) is 2.84. The zero-order chi connectivity index (χ0) is 22.9. The van der Waals surface area contributed by atoms with E-state index in [1.54, 1.807) is 29.2 Å². The van der Waals surface area contributed by atoms with E-state index in [2.05, 4.69) is 5.32 Å². The van der Waals surface area contributed by atoms with Gasteiger partial charge >= 0.3 is 12.2 Å². The van der Waals surface area contributed by atoms with Crippen LogP contribution in [-0.4, -0.2) is 17.0 Å². The van der Waals surface area contributed by atoms with Crippen LogP contribution in [-0.2, 0) is 12.6 Å². The van der Waals surface area contributed by atoms with E-state index in [1.807, 2.05) is 37.3 Å². The third-order valence-corrected chi connectivity index (χ3v) is 5.67. The predicted molar refractivity (Wildman–Crippen MR) is 115 cm³/mol. The van der Waals surface area contributed by atoms with Crippen LogP contribution in [0.15, 0.2) is 72.8 Å². The molecule has 1 aliphatic rings. The number of anilines is 1. The number of fused-ring (bicyclic) bond motifs is 1. The number of nitrogens with zero attached hydrogens (tertiary/aromatic N) is 2. The second kappa shape index (κ2) is 8.39. The fourth-order valence-electron chi connectivity index (χ4n) is 4.14. The molecule has 2 atom stereocenters. The Kier molecular flexibility index (Phi) is 5.62. The van der Waals surface area contributed by atoms with Gasteiger partial charge in [0.15, 0.2) is 0 Å². The van der Waals surface area contributed by atoms with Crippen LogP contribution in [0.3, 0.4) is 0 Å². The van der Waals surface area contributed by atoms with E-state index in [-0.39, 0.29) is 12.1 Å². The lowest BCUT2D eigenvalue weighted by Gasteiger charge is -2.42. The third kappa shape index (κ3) is 4.17. The van der Waals surface area contributed by atoms with Crippen LogP contribution < -0.4 is 5.32 Å². The molecule has 0 aliphatic carbocycles. The second-order valence-electron chi connectivity index (χ2n) is 7.80. The van der Waals surface area contributed by atoms with Crippen LogP contribution >= 0.6 is 0 Å². The van der Waals surface area contributed by atoms with Crippen LogP contribution in [0.1, 0.15) is 40.8 Å². The van der Waals surface area contributed by atoms with Crippen LogP contribution in [0.25, 0.3) is 0 Å². The van der Waals surface area contributed by atoms with E-state index in [4.69, 9.17) is 5.26 Å². The molecular weight excluding hydrogens is 415 g/mol. The smallest absolute Gasteiger partial charge is 0.310 e. The number of benzene rings is 3. The van der Waals surface area contributed by atoms with E-state index in [0.29, 0.717) is 23.2 Å². The van der Waals surface area contributed by atoms with Crippen molar-refractivity contribution in [3.63, 3.8) is 0 Å². The largest absolute Gasteiger partial charge is 0.416 e. The lowest BCUT2D eigenvalue weighted by Crippen LogP contribution is -2.48. The van der Waals surface area contributed by atoms with Crippen molar-refractivity contribution < 1.29 is 18.0 Å². The first kappa shape index (κ1) is 21.4. The minimum Gasteiger partial charge on any atom is -0.310 e. The lowest BCUT2D eigenvalue weighted by molar-refractivity contribution is -0.137. The minimum absolute atomic E-state index is 0.185. The van der Waals surface area contributed by atoms with Gasteiger partial charge in [0.2, 0.25) is 0 Å². The van der Waals surface area contributed by atoms with E-state index in [0.717, 1.165) is 23.3 Å². The average molecular weight is 435 g/mol. The number of carbonyl (C=O) groups is 1. The molecule has 162 valence electrons. The molecule has 7 heteroatoms. The maximum atomic E-state index is 13.3. The highest BCUT2D eigenvalue weighted by molar-refractivity contribution is 5.90. The molecule has 4 nitrogen and oxygen atoms in total. The molecule has 3 aromatic carbocycles. The van der Waals surface area contributed by atoms with Gasteiger partial charge in [0.1, 0.15) is 0 Å². The van der Waals surface area contributed by atoms with Crippen molar-refractivity contribution in [1.29, 1.82) is 5.26 Å². The highest BCUT2D eigenvalue weighted by Crippen LogP contribution is 2.39. The van der Waals surface area contributed by atoms with Crippen molar-refractivity contribution in [2.75, 3.05) is 5.32 Å². The van der Waals surface area contributed by atoms with E-state index >= 15 is 0 Å². The molecule has 4 rings (SSSR count). The van der Waals surface area contributed by atoms with Gasteiger partial charge in [-0.15, -0.1) is 0 Å². The Balaban J connectivity index is 1.72. The van der Waals surface area contributed by atoms with Crippen LogP contribution in [0.5, 0.6) is 0 Å². The van der Waals surface area contributed by atoms with Gasteiger partial charge in [-0.1, -0.05) is 36.4 Å². The van der Waals surface area contributed by atoms with Crippen molar-refractivity contribution in [2.24, 2.45) is 0 Å². The summed E-state index contributed by atoms with van der Waals surface area (Å²) in [6, 6.07) is 20.1. The average Bonchev–Trinajstić information content (AvgIpc) is 2.78. The van der Waals surface area contributed by atoms with Crippen molar-refractivity contribution in [2.45, 2.75) is 31.6 Å². The van der Waals surface area contributed by atoms with E-state index < -0.39 is 17.8 Å². The number of alkyl halides is 3. The van der Waals surface area contributed by atoms with Crippen LogP contribution in [0.2, 0.25) is 0 Å². The van der Waals surface area contributed by atoms with Gasteiger partial charge in [0, 0.05) is 11.7 Å². The molecule has 0 saturated heterocycles. The van der Waals surface area contributed by atoms with Crippen molar-refractivity contribution >= 4 is 11.7 Å². The first-order valence-corrected chi connectivity index (χ1v) is 10.1. The fraction of sp³-hybridized carbons (Fsp3) is 0.200. The number of nitriles is 1. The topological polar surface area (TPSA) is 56.1 Å². The van der Waals surface area contributed by atoms with Gasteiger partial charge in [-0.2, -0.15) is 18.4 Å². The SMILES string of the molecule is CC1Cc2ccccc2C(c2ccc(C(F)(F)F)cc2)N1C(=O)Nc1ccc(C#N)cc1.